The molecule has 1 saturated heterocycles. The van der Waals surface area contributed by atoms with Crippen molar-refractivity contribution in [3.8, 4) is 0 Å². The van der Waals surface area contributed by atoms with Gasteiger partial charge in [0.05, 0.1) is 10.8 Å². The summed E-state index contributed by atoms with van der Waals surface area (Å²) in [4.78, 5) is 36.3. The molecule has 0 saturated carbocycles. The second kappa shape index (κ2) is 15.4. The topological polar surface area (TPSA) is 169 Å². The Morgan fingerprint density at radius 1 is 0.800 bits per heavy atom. The van der Waals surface area contributed by atoms with E-state index in [1.54, 1.807) is 13.8 Å². The molecule has 40 heavy (non-hydrogen) atoms. The first-order chi connectivity index (χ1) is 18.8. The molecular weight excluding hydrogens is 524 g/mol. The van der Waals surface area contributed by atoms with Crippen LogP contribution in [-0.4, -0.2) is 82.3 Å². The van der Waals surface area contributed by atoms with Gasteiger partial charge in [0.25, 0.3) is 0 Å². The quantitative estimate of drug-likeness (QED) is 0.171. The standard InChI is InChI=1S/C29H44O11/c1-28(2,26(35)38-18-19-12-6-5-7-13-19)14-8-10-16-37-17-11-9-15-29(3,4)27(36)40-25-22(32)20(30)21(31)23(39-25)24(33)34/h5-7,12-13,20-23,25,30-32H,8-11,14-18H2,1-4H3,(H,33,34)/t20-,21-,22+,23-,25-/m0/s1. The number of carbonyl (C=O) groups is 3. The van der Waals surface area contributed by atoms with Crippen molar-refractivity contribution in [3.63, 3.8) is 0 Å². The molecule has 1 aliphatic heterocycles. The molecular formula is C29H44O11. The Labute approximate surface area is 235 Å². The molecule has 0 unspecified atom stereocenters. The first kappa shape index (κ1) is 33.6. The summed E-state index contributed by atoms with van der Waals surface area (Å²) in [5.74, 6) is -2.50. The lowest BCUT2D eigenvalue weighted by Gasteiger charge is -2.39. The fraction of sp³-hybridized carbons (Fsp3) is 0.690. The SMILES string of the molecule is CC(C)(CCCCOCCCCC(C)(C)C(=O)O[C@@H]1O[C@H](C(=O)O)[C@@H](O)[C@H](O)[C@H]1O)C(=O)OCc1ccccc1. The highest BCUT2D eigenvalue weighted by Gasteiger charge is 2.49. The van der Waals surface area contributed by atoms with Crippen molar-refractivity contribution < 1.29 is 53.8 Å². The van der Waals surface area contributed by atoms with E-state index in [1.165, 1.54) is 0 Å². The molecule has 0 aliphatic carbocycles. The van der Waals surface area contributed by atoms with Gasteiger partial charge in [-0.25, -0.2) is 4.79 Å². The molecule has 0 aromatic heterocycles. The molecule has 0 amide bonds. The van der Waals surface area contributed by atoms with E-state index in [1.807, 2.05) is 44.2 Å². The number of aliphatic hydroxyl groups is 3. The van der Waals surface area contributed by atoms with Crippen LogP contribution in [0.2, 0.25) is 0 Å². The normalized spacial score (nSPS) is 23.4. The summed E-state index contributed by atoms with van der Waals surface area (Å²) >= 11 is 0. The van der Waals surface area contributed by atoms with Crippen LogP contribution in [0.4, 0.5) is 0 Å². The van der Waals surface area contributed by atoms with Crippen LogP contribution < -0.4 is 0 Å². The van der Waals surface area contributed by atoms with Crippen molar-refractivity contribution in [2.75, 3.05) is 13.2 Å². The van der Waals surface area contributed by atoms with E-state index in [9.17, 15) is 29.7 Å². The van der Waals surface area contributed by atoms with E-state index >= 15 is 0 Å². The molecule has 11 heteroatoms. The number of carboxylic acids is 1. The Kier molecular flexibility index (Phi) is 13.0. The second-order valence-corrected chi connectivity index (χ2v) is 11.5. The molecule has 1 aromatic carbocycles. The van der Waals surface area contributed by atoms with Gasteiger partial charge in [-0.1, -0.05) is 43.2 Å². The van der Waals surface area contributed by atoms with Gasteiger partial charge in [0, 0.05) is 13.2 Å². The maximum atomic E-state index is 12.7. The van der Waals surface area contributed by atoms with E-state index in [-0.39, 0.29) is 12.6 Å². The minimum atomic E-state index is -1.86. The molecule has 0 bridgehead atoms. The Bertz CT molecular complexity index is 947. The summed E-state index contributed by atoms with van der Waals surface area (Å²) in [6.07, 6.45) is -4.96. The molecule has 0 spiro atoms. The first-order valence-electron chi connectivity index (χ1n) is 13.7. The second-order valence-electron chi connectivity index (χ2n) is 11.5. The predicted molar refractivity (Wildman–Crippen MR) is 143 cm³/mol. The highest BCUT2D eigenvalue weighted by Crippen LogP contribution is 2.29. The van der Waals surface area contributed by atoms with Crippen LogP contribution >= 0.6 is 0 Å². The molecule has 0 radical (unpaired) electrons. The number of ether oxygens (including phenoxy) is 4. The summed E-state index contributed by atoms with van der Waals surface area (Å²) < 4.78 is 21.3. The van der Waals surface area contributed by atoms with Crippen LogP contribution in [-0.2, 0) is 39.9 Å². The monoisotopic (exact) mass is 568 g/mol. The third-order valence-electron chi connectivity index (χ3n) is 7.04. The van der Waals surface area contributed by atoms with E-state index < -0.39 is 53.5 Å². The van der Waals surface area contributed by atoms with Crippen molar-refractivity contribution in [2.24, 2.45) is 10.8 Å². The summed E-state index contributed by atoms with van der Waals surface area (Å²) in [5.41, 5.74) is -0.601. The van der Waals surface area contributed by atoms with Crippen LogP contribution in [0.3, 0.4) is 0 Å². The van der Waals surface area contributed by atoms with Crippen molar-refractivity contribution in [1.29, 1.82) is 0 Å². The van der Waals surface area contributed by atoms with Crippen LogP contribution in [0.25, 0.3) is 0 Å². The zero-order chi connectivity index (χ0) is 29.9. The van der Waals surface area contributed by atoms with Crippen molar-refractivity contribution >= 4 is 17.9 Å². The number of rotatable bonds is 16. The Hall–Kier alpha value is -2.57. The number of hydrogen-bond acceptors (Lipinski definition) is 10. The van der Waals surface area contributed by atoms with Crippen LogP contribution in [0, 0.1) is 10.8 Å². The molecule has 4 N–H and O–H groups in total. The first-order valence-corrected chi connectivity index (χ1v) is 13.7. The summed E-state index contributed by atoms with van der Waals surface area (Å²) in [7, 11) is 0. The number of carboxylic acid groups (broad SMARTS) is 1. The van der Waals surface area contributed by atoms with Gasteiger partial charge in [0.2, 0.25) is 6.29 Å². The molecule has 1 heterocycles. The third-order valence-corrected chi connectivity index (χ3v) is 7.04. The van der Waals surface area contributed by atoms with Crippen LogP contribution in [0.1, 0.15) is 71.8 Å². The highest BCUT2D eigenvalue weighted by atomic mass is 16.7. The fourth-order valence-corrected chi connectivity index (χ4v) is 4.18. The third kappa shape index (κ3) is 10.1. The van der Waals surface area contributed by atoms with Gasteiger partial charge in [-0.05, 0) is 58.9 Å². The van der Waals surface area contributed by atoms with Gasteiger partial charge >= 0.3 is 17.9 Å². The number of hydrogen-bond donors (Lipinski definition) is 4. The number of esters is 2. The summed E-state index contributed by atoms with van der Waals surface area (Å²) in [6.45, 7) is 8.38. The number of aliphatic carboxylic acids is 1. The van der Waals surface area contributed by atoms with Gasteiger partial charge in [-0.3, -0.25) is 9.59 Å². The fourth-order valence-electron chi connectivity index (χ4n) is 4.18. The summed E-state index contributed by atoms with van der Waals surface area (Å²) in [6, 6.07) is 9.55. The van der Waals surface area contributed by atoms with E-state index in [0.29, 0.717) is 38.9 Å². The van der Waals surface area contributed by atoms with Gasteiger partial charge in [0.1, 0.15) is 24.9 Å². The van der Waals surface area contributed by atoms with Crippen molar-refractivity contribution in [3.05, 3.63) is 35.9 Å². The summed E-state index contributed by atoms with van der Waals surface area (Å²) in [5, 5.41) is 38.8. The molecule has 1 aliphatic rings. The van der Waals surface area contributed by atoms with Crippen LogP contribution in [0.5, 0.6) is 0 Å². The lowest BCUT2D eigenvalue weighted by molar-refractivity contribution is -0.288. The highest BCUT2D eigenvalue weighted by molar-refractivity contribution is 5.76. The number of carbonyl (C=O) groups excluding carboxylic acids is 2. The smallest absolute Gasteiger partial charge is 0.335 e. The molecule has 226 valence electrons. The average Bonchev–Trinajstić information content (AvgIpc) is 2.91. The van der Waals surface area contributed by atoms with Crippen molar-refractivity contribution in [1.82, 2.24) is 0 Å². The Balaban J connectivity index is 1.60. The van der Waals surface area contributed by atoms with Crippen LogP contribution in [0.15, 0.2) is 30.3 Å². The maximum Gasteiger partial charge on any atom is 0.335 e. The minimum absolute atomic E-state index is 0.224. The minimum Gasteiger partial charge on any atom is -0.479 e. The Morgan fingerprint density at radius 2 is 1.35 bits per heavy atom. The van der Waals surface area contributed by atoms with Gasteiger partial charge in [0.15, 0.2) is 6.10 Å². The maximum absolute atomic E-state index is 12.7. The molecule has 2 rings (SSSR count). The van der Waals surface area contributed by atoms with E-state index in [4.69, 9.17) is 24.1 Å². The average molecular weight is 569 g/mol. The molecule has 11 nitrogen and oxygen atoms in total. The zero-order valence-electron chi connectivity index (χ0n) is 23.8. The molecule has 1 fully saturated rings. The lowest BCUT2D eigenvalue weighted by Crippen LogP contribution is -2.61. The van der Waals surface area contributed by atoms with E-state index in [2.05, 4.69) is 0 Å². The predicted octanol–water partition coefficient (Wildman–Crippen LogP) is 2.57. The van der Waals surface area contributed by atoms with Gasteiger partial charge < -0.3 is 39.4 Å². The van der Waals surface area contributed by atoms with E-state index in [0.717, 1.165) is 18.4 Å². The van der Waals surface area contributed by atoms with Gasteiger partial charge in [-0.15, -0.1) is 0 Å². The Morgan fingerprint density at radius 3 is 1.90 bits per heavy atom. The molecule has 5 atom stereocenters. The largest absolute Gasteiger partial charge is 0.479 e. The number of aliphatic hydroxyl groups excluding tert-OH is 3. The molecule has 1 aromatic rings. The zero-order valence-corrected chi connectivity index (χ0v) is 23.8. The van der Waals surface area contributed by atoms with Crippen molar-refractivity contribution in [2.45, 2.75) is 104 Å². The number of benzene rings is 1. The van der Waals surface area contributed by atoms with Gasteiger partial charge in [-0.2, -0.15) is 0 Å². The lowest BCUT2D eigenvalue weighted by atomic mass is 9.87. The number of unbranched alkanes of at least 4 members (excludes halogenated alkanes) is 2.